The van der Waals surface area contributed by atoms with Gasteiger partial charge in [0, 0.05) is 13.1 Å². The van der Waals surface area contributed by atoms with Gasteiger partial charge in [0.15, 0.2) is 0 Å². The number of ether oxygens (including phenoxy) is 1. The highest BCUT2D eigenvalue weighted by molar-refractivity contribution is 5.92. The topological polar surface area (TPSA) is 104 Å². The molecule has 0 bridgehead atoms. The number of rotatable bonds is 6. The molecule has 36 heavy (non-hydrogen) atoms. The Morgan fingerprint density at radius 2 is 1.67 bits per heavy atom. The number of amides is 1. The number of aromatic nitrogens is 3. The van der Waals surface area contributed by atoms with Gasteiger partial charge in [-0.2, -0.15) is 9.78 Å². The van der Waals surface area contributed by atoms with Gasteiger partial charge in [-0.1, -0.05) is 42.0 Å². The van der Waals surface area contributed by atoms with E-state index < -0.39 is 17.2 Å². The van der Waals surface area contributed by atoms with Crippen molar-refractivity contribution in [2.75, 3.05) is 19.7 Å². The third kappa shape index (κ3) is 5.30. The van der Waals surface area contributed by atoms with Crippen LogP contribution in [0.15, 0.2) is 58.1 Å². The van der Waals surface area contributed by atoms with E-state index in [0.717, 1.165) is 25.9 Å². The largest absolute Gasteiger partial charge is 0.466 e. The van der Waals surface area contributed by atoms with Gasteiger partial charge in [0.1, 0.15) is 0 Å². The van der Waals surface area contributed by atoms with Gasteiger partial charge in [0.25, 0.3) is 11.5 Å². The molecule has 1 fully saturated rings. The average Bonchev–Trinajstić information content (AvgIpc) is 2.86. The van der Waals surface area contributed by atoms with Crippen molar-refractivity contribution in [3.05, 3.63) is 91.8 Å². The molecule has 3 aromatic rings. The van der Waals surface area contributed by atoms with Gasteiger partial charge in [0.2, 0.25) is 5.69 Å². The molecule has 0 unspecified atom stereocenters. The van der Waals surface area contributed by atoms with Gasteiger partial charge < -0.3 is 9.64 Å². The van der Waals surface area contributed by atoms with E-state index in [1.807, 2.05) is 44.2 Å². The number of hydrogen-bond acceptors (Lipinski definition) is 6. The fourth-order valence-electron chi connectivity index (χ4n) is 4.44. The monoisotopic (exact) mass is 490 g/mol. The van der Waals surface area contributed by atoms with Crippen molar-refractivity contribution < 1.29 is 14.3 Å². The molecule has 2 heterocycles. The molecule has 9 nitrogen and oxygen atoms in total. The molecule has 4 rings (SSSR count). The lowest BCUT2D eigenvalue weighted by Gasteiger charge is -2.30. The second-order valence-electron chi connectivity index (χ2n) is 9.08. The lowest BCUT2D eigenvalue weighted by molar-refractivity contribution is -0.149. The highest BCUT2D eigenvalue weighted by Crippen LogP contribution is 2.19. The summed E-state index contributed by atoms with van der Waals surface area (Å²) < 4.78 is 7.28. The molecule has 188 valence electrons. The van der Waals surface area contributed by atoms with Crippen molar-refractivity contribution >= 4 is 11.9 Å². The first-order valence-corrected chi connectivity index (χ1v) is 12.1. The summed E-state index contributed by atoms with van der Waals surface area (Å²) in [5.74, 6) is -1.10. The van der Waals surface area contributed by atoms with Crippen LogP contribution in [-0.2, 0) is 16.1 Å². The van der Waals surface area contributed by atoms with Crippen LogP contribution in [0, 0.1) is 19.8 Å². The number of aryl methyl sites for hydroxylation is 2. The number of hydrogen-bond donors (Lipinski definition) is 0. The molecule has 0 N–H and O–H groups in total. The SMILES string of the molecule is CCOC(=O)C1CCN(C(=O)c2nn(-c3cccc(C)c3)c(=O)n(Cc3cccc(C)c3)c2=O)CC1. The molecule has 0 atom stereocenters. The maximum atomic E-state index is 13.5. The number of esters is 1. The molecule has 1 saturated heterocycles. The van der Waals surface area contributed by atoms with Crippen LogP contribution < -0.4 is 11.2 Å². The minimum absolute atomic E-state index is 0.0128. The standard InChI is InChI=1S/C27H30N4O5/c1-4-36-26(34)21-11-13-29(14-12-21)24(32)23-25(33)30(17-20-9-5-7-18(2)15-20)27(35)31(28-23)22-10-6-8-19(3)16-22/h5-10,15-16,21H,4,11-14,17H2,1-3H3. The highest BCUT2D eigenvalue weighted by Gasteiger charge is 2.31. The van der Waals surface area contributed by atoms with E-state index in [2.05, 4.69) is 5.10 Å². The Morgan fingerprint density at radius 1 is 1.00 bits per heavy atom. The zero-order valence-electron chi connectivity index (χ0n) is 20.8. The summed E-state index contributed by atoms with van der Waals surface area (Å²) in [6.45, 7) is 6.49. The van der Waals surface area contributed by atoms with Crippen molar-refractivity contribution in [3.63, 3.8) is 0 Å². The lowest BCUT2D eigenvalue weighted by Crippen LogP contribution is -2.48. The molecule has 0 spiro atoms. The Bertz CT molecular complexity index is 1400. The Balaban J connectivity index is 1.73. The van der Waals surface area contributed by atoms with Crippen molar-refractivity contribution in [1.82, 2.24) is 19.2 Å². The van der Waals surface area contributed by atoms with Crippen LogP contribution in [0.4, 0.5) is 0 Å². The van der Waals surface area contributed by atoms with Gasteiger partial charge in [-0.15, -0.1) is 0 Å². The van der Waals surface area contributed by atoms with E-state index in [9.17, 15) is 19.2 Å². The minimum Gasteiger partial charge on any atom is -0.466 e. The minimum atomic E-state index is -0.733. The first kappa shape index (κ1) is 25.1. The van der Waals surface area contributed by atoms with Crippen LogP contribution in [0.3, 0.4) is 0 Å². The van der Waals surface area contributed by atoms with Gasteiger partial charge in [-0.25, -0.2) is 4.79 Å². The highest BCUT2D eigenvalue weighted by atomic mass is 16.5. The van der Waals surface area contributed by atoms with Crippen LogP contribution in [-0.4, -0.2) is 50.8 Å². The molecular weight excluding hydrogens is 460 g/mol. The smallest absolute Gasteiger partial charge is 0.352 e. The van der Waals surface area contributed by atoms with E-state index in [1.165, 1.54) is 4.90 Å². The van der Waals surface area contributed by atoms with Crippen LogP contribution in [0.2, 0.25) is 0 Å². The summed E-state index contributed by atoms with van der Waals surface area (Å²) in [5, 5.41) is 4.25. The molecule has 0 radical (unpaired) electrons. The number of carbonyl (C=O) groups is 2. The zero-order valence-corrected chi connectivity index (χ0v) is 20.8. The summed E-state index contributed by atoms with van der Waals surface area (Å²) in [4.78, 5) is 53.9. The van der Waals surface area contributed by atoms with Crippen molar-refractivity contribution in [3.8, 4) is 5.69 Å². The number of nitrogens with zero attached hydrogens (tertiary/aromatic N) is 4. The summed E-state index contributed by atoms with van der Waals surface area (Å²) in [5.41, 5.74) is 1.46. The summed E-state index contributed by atoms with van der Waals surface area (Å²) >= 11 is 0. The number of benzene rings is 2. The first-order chi connectivity index (χ1) is 17.3. The number of carbonyl (C=O) groups excluding carboxylic acids is 2. The molecular formula is C27H30N4O5. The lowest BCUT2D eigenvalue weighted by atomic mass is 9.97. The molecule has 0 saturated carbocycles. The zero-order chi connectivity index (χ0) is 25.8. The molecule has 9 heteroatoms. The Hall–Kier alpha value is -4.01. The first-order valence-electron chi connectivity index (χ1n) is 12.1. The van der Waals surface area contributed by atoms with Crippen molar-refractivity contribution in [1.29, 1.82) is 0 Å². The van der Waals surface area contributed by atoms with Gasteiger partial charge in [-0.05, 0) is 56.9 Å². The van der Waals surface area contributed by atoms with Gasteiger partial charge >= 0.3 is 11.7 Å². The van der Waals surface area contributed by atoms with Crippen LogP contribution >= 0.6 is 0 Å². The number of likely N-dealkylation sites (tertiary alicyclic amines) is 1. The quantitative estimate of drug-likeness (QED) is 0.492. The summed E-state index contributed by atoms with van der Waals surface area (Å²) in [6.07, 6.45) is 0.888. The normalized spacial score (nSPS) is 14.0. The Labute approximate surface area is 208 Å². The third-order valence-corrected chi connectivity index (χ3v) is 6.33. The van der Waals surface area contributed by atoms with Gasteiger partial charge in [0.05, 0.1) is 24.8 Å². The molecule has 1 aliphatic rings. The second-order valence-corrected chi connectivity index (χ2v) is 9.08. The van der Waals surface area contributed by atoms with Crippen LogP contribution in [0.25, 0.3) is 5.69 Å². The molecule has 2 aromatic carbocycles. The maximum Gasteiger partial charge on any atom is 0.352 e. The Morgan fingerprint density at radius 3 is 2.31 bits per heavy atom. The van der Waals surface area contributed by atoms with Crippen LogP contribution in [0.5, 0.6) is 0 Å². The number of piperidine rings is 1. The predicted octanol–water partition coefficient (Wildman–Crippen LogP) is 2.47. The Kier molecular flexibility index (Phi) is 7.47. The van der Waals surface area contributed by atoms with Crippen molar-refractivity contribution in [2.45, 2.75) is 40.2 Å². The predicted molar refractivity (Wildman–Crippen MR) is 134 cm³/mol. The third-order valence-electron chi connectivity index (χ3n) is 6.33. The fraction of sp³-hybridized carbons (Fsp3) is 0.370. The van der Waals surface area contributed by atoms with Gasteiger partial charge in [-0.3, -0.25) is 19.0 Å². The van der Waals surface area contributed by atoms with Crippen LogP contribution in [0.1, 0.15) is 46.9 Å². The van der Waals surface area contributed by atoms with E-state index in [0.29, 0.717) is 38.2 Å². The summed E-state index contributed by atoms with van der Waals surface area (Å²) in [6, 6.07) is 14.7. The molecule has 0 aliphatic carbocycles. The van der Waals surface area contributed by atoms with E-state index in [1.54, 1.807) is 25.1 Å². The molecule has 1 aliphatic heterocycles. The molecule has 1 amide bonds. The maximum absolute atomic E-state index is 13.5. The second kappa shape index (κ2) is 10.7. The van der Waals surface area contributed by atoms with E-state index >= 15 is 0 Å². The van der Waals surface area contributed by atoms with Crippen molar-refractivity contribution in [2.24, 2.45) is 5.92 Å². The fourth-order valence-corrected chi connectivity index (χ4v) is 4.44. The van der Waals surface area contributed by atoms with E-state index in [4.69, 9.17) is 4.74 Å². The average molecular weight is 491 g/mol. The molecule has 1 aromatic heterocycles. The summed E-state index contributed by atoms with van der Waals surface area (Å²) in [7, 11) is 0. The van der Waals surface area contributed by atoms with E-state index in [-0.39, 0.29) is 24.1 Å².